The lowest BCUT2D eigenvalue weighted by Gasteiger charge is -2.16. The summed E-state index contributed by atoms with van der Waals surface area (Å²) in [7, 11) is 0. The van der Waals surface area contributed by atoms with Gasteiger partial charge in [0.2, 0.25) is 0 Å². The van der Waals surface area contributed by atoms with Gasteiger partial charge in [-0.05, 0) is 82.7 Å². The summed E-state index contributed by atoms with van der Waals surface area (Å²) in [6, 6.07) is 22.3. The van der Waals surface area contributed by atoms with Crippen LogP contribution in [0.5, 0.6) is 0 Å². The summed E-state index contributed by atoms with van der Waals surface area (Å²) in [6.45, 7) is 43.4. The third-order valence-corrected chi connectivity index (χ3v) is 7.21. The van der Waals surface area contributed by atoms with Crippen molar-refractivity contribution in [3.8, 4) is 0 Å². The molecular weight excluding hydrogens is 528 g/mol. The third kappa shape index (κ3) is 17.2. The predicted molar refractivity (Wildman–Crippen MR) is 207 cm³/mol. The highest BCUT2D eigenvalue weighted by Crippen LogP contribution is 2.28. The molecule has 0 saturated heterocycles. The average molecular weight is 605 g/mol. The molecule has 3 aromatic rings. The molecule has 44 heavy (non-hydrogen) atoms. The van der Waals surface area contributed by atoms with E-state index in [0.29, 0.717) is 35.5 Å². The van der Waals surface area contributed by atoms with Crippen molar-refractivity contribution in [2.75, 3.05) is 0 Å². The molecule has 0 spiro atoms. The maximum atomic E-state index is 2.32. The molecule has 0 heterocycles. The molecule has 0 unspecified atom stereocenters. The van der Waals surface area contributed by atoms with Crippen LogP contribution in [0.25, 0.3) is 0 Å². The highest BCUT2D eigenvalue weighted by Gasteiger charge is 2.10. The Kier molecular flexibility index (Phi) is 27.2. The minimum atomic E-state index is 0.636. The number of benzene rings is 3. The molecule has 3 aromatic carbocycles. The number of hydrogen-bond donors (Lipinski definition) is 0. The smallest absolute Gasteiger partial charge is 0.0216 e. The first-order chi connectivity index (χ1) is 20.7. The first kappa shape index (κ1) is 46.1. The lowest BCUT2D eigenvalue weighted by atomic mass is 9.89. The molecule has 0 bridgehead atoms. The number of aryl methyl sites for hydroxylation is 2. The summed E-state index contributed by atoms with van der Waals surface area (Å²) in [5.74, 6) is 3.83. The lowest BCUT2D eigenvalue weighted by Crippen LogP contribution is -1.98. The number of hydrogen-bond acceptors (Lipinski definition) is 0. The van der Waals surface area contributed by atoms with E-state index in [1.54, 1.807) is 0 Å². The van der Waals surface area contributed by atoms with Crippen LogP contribution in [0.1, 0.15) is 205 Å². The molecule has 0 nitrogen and oxygen atoms in total. The van der Waals surface area contributed by atoms with Crippen LogP contribution in [0, 0.1) is 13.8 Å². The van der Waals surface area contributed by atoms with Crippen molar-refractivity contribution in [3.63, 3.8) is 0 Å². The molecule has 0 aromatic heterocycles. The van der Waals surface area contributed by atoms with Crippen LogP contribution < -0.4 is 0 Å². The zero-order valence-electron chi connectivity index (χ0n) is 33.2. The van der Waals surface area contributed by atoms with Crippen LogP contribution >= 0.6 is 0 Å². The summed E-state index contributed by atoms with van der Waals surface area (Å²) in [5, 5.41) is 0. The summed E-state index contributed by atoms with van der Waals surface area (Å²) >= 11 is 0. The van der Waals surface area contributed by atoms with Gasteiger partial charge in [-0.3, -0.25) is 0 Å². The van der Waals surface area contributed by atoms with Crippen LogP contribution in [-0.4, -0.2) is 0 Å². The first-order valence-electron chi connectivity index (χ1n) is 18.0. The molecule has 0 fully saturated rings. The normalized spacial score (nSPS) is 10.1. The molecule has 0 aliphatic heterocycles. The minimum absolute atomic E-state index is 0.636. The van der Waals surface area contributed by atoms with E-state index >= 15 is 0 Å². The van der Waals surface area contributed by atoms with Gasteiger partial charge in [0.15, 0.2) is 0 Å². The molecule has 0 atom stereocenters. The first-order valence-corrected chi connectivity index (χ1v) is 18.0. The van der Waals surface area contributed by atoms with Gasteiger partial charge in [0.05, 0.1) is 0 Å². The van der Waals surface area contributed by atoms with Crippen molar-refractivity contribution in [3.05, 3.63) is 105 Å². The van der Waals surface area contributed by atoms with E-state index in [-0.39, 0.29) is 0 Å². The third-order valence-electron chi connectivity index (χ3n) is 7.21. The van der Waals surface area contributed by atoms with Gasteiger partial charge in [-0.15, -0.1) is 0 Å². The average Bonchev–Trinajstić information content (AvgIpc) is 3.00. The minimum Gasteiger partial charge on any atom is -0.0683 e. The molecule has 0 heteroatoms. The van der Waals surface area contributed by atoms with Crippen molar-refractivity contribution < 1.29 is 0 Å². The maximum absolute atomic E-state index is 2.32. The van der Waals surface area contributed by atoms with Crippen molar-refractivity contribution in [2.24, 2.45) is 0 Å². The van der Waals surface area contributed by atoms with Gasteiger partial charge in [0, 0.05) is 0 Å². The summed E-state index contributed by atoms with van der Waals surface area (Å²) in [4.78, 5) is 0. The van der Waals surface area contributed by atoms with Gasteiger partial charge >= 0.3 is 0 Å². The highest BCUT2D eigenvalue weighted by molar-refractivity contribution is 5.36. The van der Waals surface area contributed by atoms with Gasteiger partial charge in [-0.1, -0.05) is 196 Å². The van der Waals surface area contributed by atoms with Crippen LogP contribution in [0.3, 0.4) is 0 Å². The molecule has 0 amide bonds. The maximum Gasteiger partial charge on any atom is -0.0216 e. The highest BCUT2D eigenvalue weighted by atomic mass is 14.2. The lowest BCUT2D eigenvalue weighted by molar-refractivity contribution is 0.789. The SMILES string of the molecule is CC.CC.CC.CC(C)c1ccccc1C(C)C.Cc1ccc(C(C)C)c(C(C)C)c1.Cc1ccc(C(C)C)c(C(C)C)c1. The van der Waals surface area contributed by atoms with Gasteiger partial charge in [-0.2, -0.15) is 0 Å². The van der Waals surface area contributed by atoms with Gasteiger partial charge in [0.1, 0.15) is 0 Å². The van der Waals surface area contributed by atoms with Crippen LogP contribution in [0.4, 0.5) is 0 Å². The monoisotopic (exact) mass is 605 g/mol. The Bertz CT molecular complexity index is 1000. The second-order valence-corrected chi connectivity index (χ2v) is 12.8. The molecule has 3 rings (SSSR count). The van der Waals surface area contributed by atoms with Gasteiger partial charge < -0.3 is 0 Å². The Labute approximate surface area is 278 Å². The van der Waals surface area contributed by atoms with Crippen LogP contribution in [0.2, 0.25) is 0 Å². The number of rotatable bonds is 6. The Morgan fingerprint density at radius 1 is 0.295 bits per heavy atom. The summed E-state index contributed by atoms with van der Waals surface area (Å²) in [5.41, 5.74) is 11.7. The van der Waals surface area contributed by atoms with E-state index in [0.717, 1.165) is 0 Å². The van der Waals surface area contributed by atoms with E-state index in [1.807, 2.05) is 41.5 Å². The fraction of sp³-hybridized carbons (Fsp3) is 0.591. The zero-order valence-corrected chi connectivity index (χ0v) is 33.2. The molecule has 0 aliphatic carbocycles. The van der Waals surface area contributed by atoms with Crippen molar-refractivity contribution in [2.45, 2.75) is 174 Å². The van der Waals surface area contributed by atoms with Crippen molar-refractivity contribution >= 4 is 0 Å². The molecule has 0 radical (unpaired) electrons. The van der Waals surface area contributed by atoms with E-state index < -0.39 is 0 Å². The summed E-state index contributed by atoms with van der Waals surface area (Å²) in [6.07, 6.45) is 0. The molecule has 252 valence electrons. The largest absolute Gasteiger partial charge is 0.0683 e. The van der Waals surface area contributed by atoms with E-state index in [1.165, 1.54) is 44.5 Å². The Hall–Kier alpha value is -2.34. The molecular formula is C44H76. The van der Waals surface area contributed by atoms with Gasteiger partial charge in [0.25, 0.3) is 0 Å². The Balaban J connectivity index is -0.000000527. The topological polar surface area (TPSA) is 0 Å². The van der Waals surface area contributed by atoms with Crippen LogP contribution in [0.15, 0.2) is 60.7 Å². The van der Waals surface area contributed by atoms with Crippen LogP contribution in [-0.2, 0) is 0 Å². The second-order valence-electron chi connectivity index (χ2n) is 12.8. The molecule has 0 N–H and O–H groups in total. The standard InChI is InChI=1S/2C13H20.C12H18.3C2H6/c2*1-9(2)12-7-6-11(5)8-13(12)10(3)4;1-9(2)11-7-5-6-8-12(11)10(3)4;3*1-2/h2*6-10H,1-5H3;5-10H,1-4H3;3*1-2H3. The van der Waals surface area contributed by atoms with E-state index in [9.17, 15) is 0 Å². The van der Waals surface area contributed by atoms with Crippen molar-refractivity contribution in [1.29, 1.82) is 0 Å². The molecule has 0 saturated carbocycles. The van der Waals surface area contributed by atoms with E-state index in [4.69, 9.17) is 0 Å². The zero-order chi connectivity index (χ0) is 35.2. The van der Waals surface area contributed by atoms with Crippen molar-refractivity contribution in [1.82, 2.24) is 0 Å². The second kappa shape index (κ2) is 25.9. The fourth-order valence-corrected chi connectivity index (χ4v) is 5.00. The quantitative estimate of drug-likeness (QED) is 0.262. The Morgan fingerprint density at radius 2 is 0.500 bits per heavy atom. The fourth-order valence-electron chi connectivity index (χ4n) is 5.00. The summed E-state index contributed by atoms with van der Waals surface area (Å²) < 4.78 is 0. The predicted octanol–water partition coefficient (Wildman–Crippen LogP) is 15.5. The Morgan fingerprint density at radius 3 is 0.705 bits per heavy atom. The molecule has 0 aliphatic rings. The van der Waals surface area contributed by atoms with E-state index in [2.05, 4.69) is 158 Å². The van der Waals surface area contributed by atoms with Gasteiger partial charge in [-0.25, -0.2) is 0 Å².